The molecule has 1 aromatic heterocycles. The van der Waals surface area contributed by atoms with Gasteiger partial charge in [-0.3, -0.25) is 9.22 Å². The lowest BCUT2D eigenvalue weighted by atomic mass is 10.0. The molecule has 4 rings (SSSR count). The maximum atomic E-state index is 14.2. The molecule has 0 amide bonds. The number of aryl methyl sites for hydroxylation is 1. The van der Waals surface area contributed by atoms with Crippen molar-refractivity contribution in [2.45, 2.75) is 37.8 Å². The predicted octanol–water partition coefficient (Wildman–Crippen LogP) is 7.07. The van der Waals surface area contributed by atoms with Gasteiger partial charge < -0.3 is 15.0 Å². The van der Waals surface area contributed by atoms with Gasteiger partial charge in [-0.25, -0.2) is 15.2 Å². The summed E-state index contributed by atoms with van der Waals surface area (Å²) in [6, 6.07) is 13.3. The Morgan fingerprint density at radius 3 is 2.41 bits per heavy atom. The van der Waals surface area contributed by atoms with Crippen LogP contribution in [0.15, 0.2) is 77.1 Å². The van der Waals surface area contributed by atoms with Gasteiger partial charge in [0.1, 0.15) is 24.3 Å². The molecule has 2 atom stereocenters. The summed E-state index contributed by atoms with van der Waals surface area (Å²) < 4.78 is 70.3. The minimum absolute atomic E-state index is 0.192. The fourth-order valence-corrected chi connectivity index (χ4v) is 5.71. The number of rotatable bonds is 10. The predicted molar refractivity (Wildman–Crippen MR) is 162 cm³/mol. The molecule has 232 valence electrons. The van der Waals surface area contributed by atoms with Crippen LogP contribution >= 0.6 is 11.6 Å². The Morgan fingerprint density at radius 2 is 1.86 bits per heavy atom. The highest BCUT2D eigenvalue weighted by molar-refractivity contribution is 7.84. The maximum absolute atomic E-state index is 14.2. The molecule has 44 heavy (non-hydrogen) atoms. The average molecular weight is 651 g/mol. The van der Waals surface area contributed by atoms with Gasteiger partial charge in [-0.05, 0) is 73.5 Å². The number of hydrogen-bond donors (Lipinski definition) is 2. The van der Waals surface area contributed by atoms with Crippen LogP contribution in [0, 0.1) is 11.8 Å². The highest BCUT2D eigenvalue weighted by Gasteiger charge is 2.31. The van der Waals surface area contributed by atoms with Crippen LogP contribution in [0.2, 0.25) is 5.02 Å². The number of hydrogen-bond acceptors (Lipinski definition) is 8. The molecule has 0 aliphatic heterocycles. The second kappa shape index (κ2) is 13.2. The van der Waals surface area contributed by atoms with E-state index in [2.05, 4.69) is 14.9 Å². The van der Waals surface area contributed by atoms with E-state index in [0.717, 1.165) is 12.1 Å². The van der Waals surface area contributed by atoms with Crippen molar-refractivity contribution < 1.29 is 26.5 Å². The second-order valence-corrected chi connectivity index (χ2v) is 11.3. The standard InChI is InChI=1S/C29H27ClF4N6O3S/c1-16(31)24-15-39(17(2)38-24)25-9-6-19(20-10-23(30)22(14-37-41)28(12-20)44(3)42)11-26(25)40(36)27(13-35)18-4-7-21(8-5-18)43-29(32,33)34/h4-13,15-16H,14,35-36H2,1-3H3/b27-13-. The number of halogens is 5. The summed E-state index contributed by atoms with van der Waals surface area (Å²) in [6.45, 7) is 2.78. The second-order valence-electron chi connectivity index (χ2n) is 9.57. The molecular weight excluding hydrogens is 624 g/mol. The zero-order valence-corrected chi connectivity index (χ0v) is 25.2. The average Bonchev–Trinajstić information content (AvgIpc) is 3.35. The Hall–Kier alpha value is -4.27. The van der Waals surface area contributed by atoms with Gasteiger partial charge in [0.05, 0.1) is 33.6 Å². The third kappa shape index (κ3) is 7.09. The highest BCUT2D eigenvalue weighted by atomic mass is 35.5. The number of nitrogens with zero attached hydrogens (tertiary/aromatic N) is 4. The molecule has 1 heterocycles. The van der Waals surface area contributed by atoms with Crippen LogP contribution in [0.5, 0.6) is 5.75 Å². The molecule has 9 nitrogen and oxygen atoms in total. The monoisotopic (exact) mass is 650 g/mol. The number of nitroso groups, excluding NO2 is 1. The molecule has 4 N–H and O–H groups in total. The smallest absolute Gasteiger partial charge is 0.406 e. The molecule has 0 fully saturated rings. The molecule has 2 unspecified atom stereocenters. The van der Waals surface area contributed by atoms with Crippen LogP contribution in [-0.2, 0) is 17.3 Å². The summed E-state index contributed by atoms with van der Waals surface area (Å²) in [5.74, 6) is 6.66. The van der Waals surface area contributed by atoms with Crippen LogP contribution in [0.3, 0.4) is 0 Å². The molecule has 0 saturated carbocycles. The SMILES string of the molecule is Cc1nc(C(C)F)cn1-c1ccc(-c2cc(Cl)c(CN=O)c(S(C)=O)c2)cc1N(N)/C(=C\N)c1ccc(OC(F)(F)F)cc1. The van der Waals surface area contributed by atoms with E-state index in [9.17, 15) is 26.7 Å². The van der Waals surface area contributed by atoms with Gasteiger partial charge in [0.25, 0.3) is 0 Å². The Morgan fingerprint density at radius 1 is 1.18 bits per heavy atom. The van der Waals surface area contributed by atoms with Gasteiger partial charge in [-0.15, -0.1) is 13.2 Å². The van der Waals surface area contributed by atoms with Crippen molar-refractivity contribution in [2.24, 2.45) is 16.8 Å². The third-order valence-corrected chi connectivity index (χ3v) is 7.95. The summed E-state index contributed by atoms with van der Waals surface area (Å²) in [4.78, 5) is 15.6. The lowest BCUT2D eigenvalue weighted by Gasteiger charge is -2.26. The first kappa shape index (κ1) is 32.6. The molecule has 15 heteroatoms. The van der Waals surface area contributed by atoms with Gasteiger partial charge in [0.15, 0.2) is 0 Å². The van der Waals surface area contributed by atoms with Crippen molar-refractivity contribution in [2.75, 3.05) is 11.3 Å². The van der Waals surface area contributed by atoms with Crippen molar-refractivity contribution in [1.29, 1.82) is 0 Å². The molecule has 0 spiro atoms. The summed E-state index contributed by atoms with van der Waals surface area (Å²) >= 11 is 6.47. The van der Waals surface area contributed by atoms with E-state index in [1.165, 1.54) is 42.7 Å². The molecule has 0 aliphatic carbocycles. The van der Waals surface area contributed by atoms with Crippen molar-refractivity contribution >= 4 is 33.8 Å². The number of anilines is 1. The fraction of sp³-hybridized carbons (Fsp3) is 0.207. The van der Waals surface area contributed by atoms with E-state index in [4.69, 9.17) is 23.2 Å². The molecular formula is C29H27ClF4N6O3S. The molecule has 0 aliphatic rings. The zero-order valence-electron chi connectivity index (χ0n) is 23.6. The largest absolute Gasteiger partial charge is 0.573 e. The number of aromatic nitrogens is 2. The number of nitrogens with two attached hydrogens (primary N) is 2. The quantitative estimate of drug-likeness (QED) is 0.0813. The maximum Gasteiger partial charge on any atom is 0.573 e. The normalized spacial score (nSPS) is 13.4. The Kier molecular flexibility index (Phi) is 9.76. The summed E-state index contributed by atoms with van der Waals surface area (Å²) in [5, 5.41) is 4.31. The molecule has 0 bridgehead atoms. The minimum atomic E-state index is -4.86. The molecule has 0 radical (unpaired) electrons. The summed E-state index contributed by atoms with van der Waals surface area (Å²) in [7, 11) is -1.50. The van der Waals surface area contributed by atoms with Crippen LogP contribution in [0.25, 0.3) is 22.5 Å². The van der Waals surface area contributed by atoms with E-state index >= 15 is 0 Å². The van der Waals surface area contributed by atoms with E-state index in [-0.39, 0.29) is 23.0 Å². The molecule has 0 saturated heterocycles. The Bertz CT molecular complexity index is 1740. The van der Waals surface area contributed by atoms with Gasteiger partial charge in [-0.1, -0.05) is 22.8 Å². The van der Waals surface area contributed by atoms with Crippen LogP contribution in [0.4, 0.5) is 23.2 Å². The first-order chi connectivity index (χ1) is 20.7. The number of ether oxygens (including phenoxy) is 1. The lowest BCUT2D eigenvalue weighted by molar-refractivity contribution is -0.274. The number of imidazole rings is 1. The minimum Gasteiger partial charge on any atom is -0.406 e. The Labute approximate surface area is 257 Å². The molecule has 4 aromatic rings. The topological polar surface area (TPSA) is 129 Å². The van der Waals surface area contributed by atoms with Gasteiger partial charge in [0, 0.05) is 39.7 Å². The van der Waals surface area contributed by atoms with E-state index in [1.54, 1.807) is 41.8 Å². The number of hydrazine groups is 1. The van der Waals surface area contributed by atoms with E-state index in [0.29, 0.717) is 44.3 Å². The number of alkyl halides is 4. The fourth-order valence-electron chi connectivity index (χ4n) is 4.56. The zero-order chi connectivity index (χ0) is 32.3. The summed E-state index contributed by atoms with van der Waals surface area (Å²) in [5.41, 5.74) is 8.99. The molecule has 3 aromatic carbocycles. The van der Waals surface area contributed by atoms with E-state index < -0.39 is 29.1 Å². The first-order valence-electron chi connectivity index (χ1n) is 12.9. The third-order valence-electron chi connectivity index (χ3n) is 6.62. The van der Waals surface area contributed by atoms with Gasteiger partial charge in [0.2, 0.25) is 0 Å². The first-order valence-corrected chi connectivity index (χ1v) is 14.8. The van der Waals surface area contributed by atoms with Crippen molar-refractivity contribution in [3.8, 4) is 22.6 Å². The Balaban J connectivity index is 1.88. The van der Waals surface area contributed by atoms with Crippen LogP contribution < -0.4 is 21.3 Å². The van der Waals surface area contributed by atoms with Crippen LogP contribution in [0.1, 0.15) is 35.7 Å². The lowest BCUT2D eigenvalue weighted by Crippen LogP contribution is -2.31. The highest BCUT2D eigenvalue weighted by Crippen LogP contribution is 2.37. The van der Waals surface area contributed by atoms with Crippen molar-refractivity contribution in [3.05, 3.63) is 99.6 Å². The van der Waals surface area contributed by atoms with Crippen molar-refractivity contribution in [3.63, 3.8) is 0 Å². The number of benzene rings is 3. The van der Waals surface area contributed by atoms with Gasteiger partial charge >= 0.3 is 6.36 Å². The van der Waals surface area contributed by atoms with E-state index in [1.807, 2.05) is 0 Å². The summed E-state index contributed by atoms with van der Waals surface area (Å²) in [6.07, 6.45) is -2.05. The van der Waals surface area contributed by atoms with Gasteiger partial charge in [-0.2, -0.15) is 4.91 Å². The van der Waals surface area contributed by atoms with Crippen molar-refractivity contribution in [1.82, 2.24) is 9.55 Å². The van der Waals surface area contributed by atoms with Crippen LogP contribution in [-0.4, -0.2) is 26.4 Å².